The van der Waals surface area contributed by atoms with Crippen LogP contribution in [0, 0.1) is 20.8 Å². The van der Waals surface area contributed by atoms with Gasteiger partial charge in [0.2, 0.25) is 10.0 Å². The van der Waals surface area contributed by atoms with Gasteiger partial charge in [0.1, 0.15) is 0 Å². The summed E-state index contributed by atoms with van der Waals surface area (Å²) in [4.78, 5) is 3.93. The Hall–Kier alpha value is -2.11. The largest absolute Gasteiger partial charge is 0.358 e. The van der Waals surface area contributed by atoms with Gasteiger partial charge in [-0.25, -0.2) is 8.42 Å². The molecule has 0 bridgehead atoms. The average molecular weight is 369 g/mol. The molecular weight excluding hydrogens is 344 g/mol. The molecule has 0 spiro atoms. The molecule has 2 heterocycles. The molecule has 1 atom stereocenters. The summed E-state index contributed by atoms with van der Waals surface area (Å²) in [5.74, 6) is 0.211. The monoisotopic (exact) mass is 368 g/mol. The third-order valence-corrected chi connectivity index (χ3v) is 7.52. The Kier molecular flexibility index (Phi) is 4.16. The van der Waals surface area contributed by atoms with E-state index in [1.54, 1.807) is 4.31 Å². The standard InChI is InChI=1S/C21H24N2O2S/c1-14-10-15(2)21(16(3)11-14)26(24,25)23-9-8-18(13-23)20-12-17-6-4-5-7-19(17)22-20/h4-7,10-12,18,22H,8-9,13H2,1-3H3. The van der Waals surface area contributed by atoms with Crippen molar-refractivity contribution in [3.8, 4) is 0 Å². The number of sulfonamides is 1. The maximum Gasteiger partial charge on any atom is 0.243 e. The van der Waals surface area contributed by atoms with Crippen LogP contribution in [0.4, 0.5) is 0 Å². The average Bonchev–Trinajstić information content (AvgIpc) is 3.20. The Labute approximate surface area is 154 Å². The Morgan fingerprint density at radius 2 is 1.73 bits per heavy atom. The number of aromatic nitrogens is 1. The highest BCUT2D eigenvalue weighted by atomic mass is 32.2. The van der Waals surface area contributed by atoms with Gasteiger partial charge < -0.3 is 4.98 Å². The molecule has 0 radical (unpaired) electrons. The highest BCUT2D eigenvalue weighted by Crippen LogP contribution is 2.34. The van der Waals surface area contributed by atoms with Crippen LogP contribution in [0.2, 0.25) is 0 Å². The molecule has 1 aromatic heterocycles. The minimum atomic E-state index is -3.47. The van der Waals surface area contributed by atoms with E-state index < -0.39 is 10.0 Å². The molecule has 1 aliphatic heterocycles. The number of rotatable bonds is 3. The summed E-state index contributed by atoms with van der Waals surface area (Å²) >= 11 is 0. The van der Waals surface area contributed by atoms with E-state index in [1.807, 2.05) is 45.0 Å². The van der Waals surface area contributed by atoms with Gasteiger partial charge in [0.05, 0.1) is 4.90 Å². The molecule has 0 amide bonds. The molecule has 0 saturated carbocycles. The van der Waals surface area contributed by atoms with Crippen LogP contribution in [0.15, 0.2) is 47.4 Å². The number of aromatic amines is 1. The van der Waals surface area contributed by atoms with E-state index in [1.165, 1.54) is 5.39 Å². The minimum absolute atomic E-state index is 0.211. The number of para-hydroxylation sites is 1. The second kappa shape index (κ2) is 6.25. The zero-order valence-electron chi connectivity index (χ0n) is 15.4. The summed E-state index contributed by atoms with van der Waals surface area (Å²) in [6.07, 6.45) is 0.843. The second-order valence-corrected chi connectivity index (χ2v) is 9.26. The van der Waals surface area contributed by atoms with Gasteiger partial charge in [0.15, 0.2) is 0 Å². The van der Waals surface area contributed by atoms with Gasteiger partial charge >= 0.3 is 0 Å². The molecule has 26 heavy (non-hydrogen) atoms. The molecule has 1 unspecified atom stereocenters. The molecule has 1 saturated heterocycles. The quantitative estimate of drug-likeness (QED) is 0.750. The third kappa shape index (κ3) is 2.85. The van der Waals surface area contributed by atoms with Crippen molar-refractivity contribution in [2.24, 2.45) is 0 Å². The normalized spacial score (nSPS) is 18.7. The van der Waals surface area contributed by atoms with Crippen LogP contribution in [-0.2, 0) is 10.0 Å². The lowest BCUT2D eigenvalue weighted by Gasteiger charge is -2.20. The Balaban J connectivity index is 1.64. The van der Waals surface area contributed by atoms with Crippen molar-refractivity contribution in [3.05, 3.63) is 64.8 Å². The fourth-order valence-corrected chi connectivity index (χ4v) is 6.13. The molecule has 2 aromatic carbocycles. The van der Waals surface area contributed by atoms with Crippen molar-refractivity contribution >= 4 is 20.9 Å². The van der Waals surface area contributed by atoms with E-state index in [2.05, 4.69) is 23.2 Å². The molecular formula is C21H24N2O2S. The number of aryl methyl sites for hydroxylation is 3. The van der Waals surface area contributed by atoms with Crippen molar-refractivity contribution in [1.29, 1.82) is 0 Å². The lowest BCUT2D eigenvalue weighted by molar-refractivity contribution is 0.471. The molecule has 1 fully saturated rings. The number of hydrogen-bond acceptors (Lipinski definition) is 2. The van der Waals surface area contributed by atoms with Gasteiger partial charge in [0, 0.05) is 30.2 Å². The first-order valence-electron chi connectivity index (χ1n) is 9.02. The molecule has 5 heteroatoms. The van der Waals surface area contributed by atoms with E-state index in [9.17, 15) is 8.42 Å². The van der Waals surface area contributed by atoms with Crippen molar-refractivity contribution < 1.29 is 8.42 Å². The molecule has 4 rings (SSSR count). The zero-order chi connectivity index (χ0) is 18.5. The van der Waals surface area contributed by atoms with E-state index in [4.69, 9.17) is 0 Å². The first-order chi connectivity index (χ1) is 12.4. The second-order valence-electron chi connectivity index (χ2n) is 7.39. The summed E-state index contributed by atoms with van der Waals surface area (Å²) in [5.41, 5.74) is 4.99. The third-order valence-electron chi connectivity index (χ3n) is 5.34. The predicted molar refractivity (Wildman–Crippen MR) is 105 cm³/mol. The number of benzene rings is 2. The topological polar surface area (TPSA) is 53.2 Å². The van der Waals surface area contributed by atoms with Gasteiger partial charge in [-0.3, -0.25) is 0 Å². The first kappa shape index (κ1) is 17.3. The van der Waals surface area contributed by atoms with Crippen molar-refractivity contribution in [1.82, 2.24) is 9.29 Å². The number of H-pyrrole nitrogens is 1. The predicted octanol–water partition coefficient (Wildman–Crippen LogP) is 4.27. The Bertz CT molecular complexity index is 1030. The molecule has 3 aromatic rings. The molecule has 4 nitrogen and oxygen atoms in total. The van der Waals surface area contributed by atoms with E-state index in [-0.39, 0.29) is 5.92 Å². The lowest BCUT2D eigenvalue weighted by atomic mass is 10.1. The van der Waals surface area contributed by atoms with Crippen molar-refractivity contribution in [2.75, 3.05) is 13.1 Å². The zero-order valence-corrected chi connectivity index (χ0v) is 16.2. The van der Waals surface area contributed by atoms with Gasteiger partial charge in [-0.2, -0.15) is 4.31 Å². The summed E-state index contributed by atoms with van der Waals surface area (Å²) in [6, 6.07) is 14.2. The maximum atomic E-state index is 13.3. The SMILES string of the molecule is Cc1cc(C)c(S(=O)(=O)N2CCC(c3cc4ccccc4[nH]3)C2)c(C)c1. The van der Waals surface area contributed by atoms with Gasteiger partial charge in [-0.05, 0) is 55.8 Å². The van der Waals surface area contributed by atoms with Gasteiger partial charge in [-0.15, -0.1) is 0 Å². The highest BCUT2D eigenvalue weighted by molar-refractivity contribution is 7.89. The first-order valence-corrected chi connectivity index (χ1v) is 10.5. The Morgan fingerprint density at radius 1 is 1.04 bits per heavy atom. The fourth-order valence-electron chi connectivity index (χ4n) is 4.22. The van der Waals surface area contributed by atoms with Crippen molar-refractivity contribution in [3.63, 3.8) is 0 Å². The summed E-state index contributed by atoms with van der Waals surface area (Å²) in [5, 5.41) is 1.18. The van der Waals surface area contributed by atoms with Crippen molar-refractivity contribution in [2.45, 2.75) is 38.0 Å². The number of hydrogen-bond donors (Lipinski definition) is 1. The van der Waals surface area contributed by atoms with Gasteiger partial charge in [0.25, 0.3) is 0 Å². The number of fused-ring (bicyclic) bond motifs is 1. The summed E-state index contributed by atoms with van der Waals surface area (Å²) in [7, 11) is -3.47. The molecule has 0 aliphatic carbocycles. The van der Waals surface area contributed by atoms with Crippen LogP contribution in [0.1, 0.15) is 34.7 Å². The molecule has 1 N–H and O–H groups in total. The highest BCUT2D eigenvalue weighted by Gasteiger charge is 2.35. The van der Waals surface area contributed by atoms with Crippen LogP contribution in [-0.4, -0.2) is 30.8 Å². The minimum Gasteiger partial charge on any atom is -0.358 e. The van der Waals surface area contributed by atoms with Crippen LogP contribution in [0.5, 0.6) is 0 Å². The number of nitrogens with zero attached hydrogens (tertiary/aromatic N) is 1. The van der Waals surface area contributed by atoms with Gasteiger partial charge in [-0.1, -0.05) is 35.9 Å². The van der Waals surface area contributed by atoms with Crippen LogP contribution < -0.4 is 0 Å². The van der Waals surface area contributed by atoms with E-state index in [0.29, 0.717) is 18.0 Å². The van der Waals surface area contributed by atoms with Crippen LogP contribution in [0.3, 0.4) is 0 Å². The summed E-state index contributed by atoms with van der Waals surface area (Å²) < 4.78 is 28.2. The smallest absolute Gasteiger partial charge is 0.243 e. The lowest BCUT2D eigenvalue weighted by Crippen LogP contribution is -2.30. The number of nitrogens with one attached hydrogen (secondary N) is 1. The molecule has 136 valence electrons. The molecule has 1 aliphatic rings. The van der Waals surface area contributed by atoms with E-state index in [0.717, 1.165) is 34.3 Å². The van der Waals surface area contributed by atoms with E-state index >= 15 is 0 Å². The van der Waals surface area contributed by atoms with Crippen LogP contribution >= 0.6 is 0 Å². The Morgan fingerprint density at radius 3 is 2.42 bits per heavy atom. The summed E-state index contributed by atoms with van der Waals surface area (Å²) in [6.45, 7) is 6.87. The fraction of sp³-hybridized carbons (Fsp3) is 0.333. The maximum absolute atomic E-state index is 13.3. The van der Waals surface area contributed by atoms with Crippen LogP contribution in [0.25, 0.3) is 10.9 Å².